The van der Waals surface area contributed by atoms with Gasteiger partial charge in [-0.1, -0.05) is 24.3 Å². The topological polar surface area (TPSA) is 111 Å². The molecule has 11 heteroatoms. The molecule has 2 N–H and O–H groups in total. The molecule has 0 radical (unpaired) electrons. The lowest BCUT2D eigenvalue weighted by molar-refractivity contribution is -0.135. The zero-order valence-electron chi connectivity index (χ0n) is 25.6. The second-order valence-corrected chi connectivity index (χ2v) is 13.0. The third-order valence-electron chi connectivity index (χ3n) is 10.2. The van der Waals surface area contributed by atoms with E-state index >= 15 is 0 Å². The highest BCUT2D eigenvalue weighted by Crippen LogP contribution is 2.37. The number of nitrogens with zero attached hydrogens (tertiary/aromatic N) is 4. The van der Waals surface area contributed by atoms with Gasteiger partial charge in [-0.3, -0.25) is 19.3 Å². The Bertz CT molecular complexity index is 1600. The number of H-pyrrole nitrogens is 1. The van der Waals surface area contributed by atoms with E-state index in [1.807, 2.05) is 17.0 Å². The number of benzene rings is 2. The number of nitrogens with one attached hydrogen (secondary N) is 2. The first-order chi connectivity index (χ1) is 21.9. The number of piperazine rings is 1. The number of fused-ring (bicyclic) bond motifs is 3. The van der Waals surface area contributed by atoms with E-state index in [9.17, 15) is 18.8 Å². The normalized spacial score (nSPS) is 24.3. The first kappa shape index (κ1) is 30.0. The number of likely N-dealkylation sites (tertiary alicyclic amines) is 1. The SMILES string of the molecule is O=C(CN1CCC(OC2[C@@H]3CC[C@H]2CNC3)CC1)N1CCN(C(=O)c2cc(Cc3n[nH]c(=O)c4ccccc34)ccc2F)CC1. The van der Waals surface area contributed by atoms with Crippen LogP contribution in [0.15, 0.2) is 47.3 Å². The molecule has 2 bridgehead atoms. The number of piperidine rings is 2. The lowest BCUT2D eigenvalue weighted by atomic mass is 9.95. The first-order valence-corrected chi connectivity index (χ1v) is 16.3. The molecular weight excluding hydrogens is 575 g/mol. The number of rotatable bonds is 7. The van der Waals surface area contributed by atoms with Crippen LogP contribution in [0.4, 0.5) is 4.39 Å². The molecule has 1 aromatic heterocycles. The predicted molar refractivity (Wildman–Crippen MR) is 167 cm³/mol. The minimum atomic E-state index is -0.582. The largest absolute Gasteiger partial charge is 0.374 e. The summed E-state index contributed by atoms with van der Waals surface area (Å²) in [5, 5.41) is 11.5. The molecule has 2 amide bonds. The molecule has 3 aliphatic heterocycles. The molecule has 1 unspecified atom stereocenters. The molecule has 4 fully saturated rings. The van der Waals surface area contributed by atoms with Crippen LogP contribution in [-0.2, 0) is 16.0 Å². The highest BCUT2D eigenvalue weighted by atomic mass is 19.1. The second-order valence-electron chi connectivity index (χ2n) is 13.0. The average Bonchev–Trinajstić information content (AvgIpc) is 3.27. The van der Waals surface area contributed by atoms with Crippen molar-refractivity contribution < 1.29 is 18.7 Å². The zero-order chi connectivity index (χ0) is 30.9. The van der Waals surface area contributed by atoms with Crippen LogP contribution >= 0.6 is 0 Å². The van der Waals surface area contributed by atoms with Crippen molar-refractivity contribution in [3.05, 3.63) is 75.5 Å². The Labute approximate surface area is 261 Å². The number of hydrogen-bond donors (Lipinski definition) is 2. The van der Waals surface area contributed by atoms with Gasteiger partial charge in [0.25, 0.3) is 11.5 Å². The Morgan fingerprint density at radius 3 is 2.31 bits per heavy atom. The van der Waals surface area contributed by atoms with Gasteiger partial charge < -0.3 is 19.9 Å². The highest BCUT2D eigenvalue weighted by Gasteiger charge is 2.41. The van der Waals surface area contributed by atoms with Crippen molar-refractivity contribution in [2.75, 3.05) is 58.9 Å². The van der Waals surface area contributed by atoms with E-state index in [2.05, 4.69) is 20.4 Å². The third-order valence-corrected chi connectivity index (χ3v) is 10.2. The van der Waals surface area contributed by atoms with Gasteiger partial charge in [-0.15, -0.1) is 0 Å². The number of aromatic nitrogens is 2. The van der Waals surface area contributed by atoms with Gasteiger partial charge in [-0.25, -0.2) is 9.49 Å². The van der Waals surface area contributed by atoms with Gasteiger partial charge in [0.15, 0.2) is 0 Å². The standard InChI is InChI=1S/C34H41FN6O4/c35-29-8-5-22(18-30-26-3-1-2-4-27(26)33(43)38-37-30)17-28(29)34(44)41-15-13-40(14-16-41)31(42)21-39-11-9-25(10-12-39)45-32-23-6-7-24(32)20-36-19-23/h1-5,8,17,23-25,32,36H,6-7,9-16,18-21H2,(H,38,43)/t23-,24+,32?. The van der Waals surface area contributed by atoms with E-state index in [1.54, 1.807) is 29.2 Å². The van der Waals surface area contributed by atoms with Gasteiger partial charge in [-0.05, 0) is 61.3 Å². The van der Waals surface area contributed by atoms with Gasteiger partial charge in [-0.2, -0.15) is 5.10 Å². The summed E-state index contributed by atoms with van der Waals surface area (Å²) in [5.74, 6) is 0.405. The maximum atomic E-state index is 14.9. The van der Waals surface area contributed by atoms with Crippen molar-refractivity contribution >= 4 is 22.6 Å². The fourth-order valence-corrected chi connectivity index (χ4v) is 7.65. The van der Waals surface area contributed by atoms with Gasteiger partial charge in [0.05, 0.1) is 35.4 Å². The van der Waals surface area contributed by atoms with E-state index in [-0.39, 0.29) is 29.0 Å². The maximum absolute atomic E-state index is 14.9. The number of ether oxygens (including phenoxy) is 1. The zero-order valence-corrected chi connectivity index (χ0v) is 25.6. The molecule has 4 heterocycles. The molecule has 7 rings (SSSR count). The first-order valence-electron chi connectivity index (χ1n) is 16.3. The van der Waals surface area contributed by atoms with Crippen LogP contribution in [0.1, 0.15) is 47.3 Å². The Morgan fingerprint density at radius 2 is 1.58 bits per heavy atom. The number of hydrogen-bond acceptors (Lipinski definition) is 7. The van der Waals surface area contributed by atoms with E-state index in [1.165, 1.54) is 18.9 Å². The van der Waals surface area contributed by atoms with E-state index < -0.39 is 5.82 Å². The maximum Gasteiger partial charge on any atom is 0.272 e. The second kappa shape index (κ2) is 13.0. The van der Waals surface area contributed by atoms with Crippen molar-refractivity contribution in [1.82, 2.24) is 30.2 Å². The molecule has 3 aromatic rings. The summed E-state index contributed by atoms with van der Waals surface area (Å²) in [7, 11) is 0. The lowest BCUT2D eigenvalue weighted by Crippen LogP contribution is -2.53. The van der Waals surface area contributed by atoms with Crippen LogP contribution in [0.3, 0.4) is 0 Å². The molecule has 238 valence electrons. The smallest absolute Gasteiger partial charge is 0.272 e. The molecule has 3 saturated heterocycles. The molecule has 3 atom stereocenters. The molecule has 10 nitrogen and oxygen atoms in total. The summed E-state index contributed by atoms with van der Waals surface area (Å²) in [6.07, 6.45) is 5.46. The van der Waals surface area contributed by atoms with E-state index in [0.29, 0.717) is 68.2 Å². The molecule has 45 heavy (non-hydrogen) atoms. The monoisotopic (exact) mass is 616 g/mol. The van der Waals surface area contributed by atoms with Gasteiger partial charge in [0.1, 0.15) is 5.82 Å². The summed E-state index contributed by atoms with van der Waals surface area (Å²) < 4.78 is 21.5. The van der Waals surface area contributed by atoms with Crippen LogP contribution in [-0.4, -0.2) is 108 Å². The molecule has 2 aromatic carbocycles. The summed E-state index contributed by atoms with van der Waals surface area (Å²) >= 11 is 0. The Morgan fingerprint density at radius 1 is 0.889 bits per heavy atom. The van der Waals surface area contributed by atoms with Crippen LogP contribution in [0.25, 0.3) is 10.8 Å². The molecule has 1 aliphatic carbocycles. The molecular formula is C34H41FN6O4. The number of carbonyl (C=O) groups is 2. The minimum absolute atomic E-state index is 0.00333. The van der Waals surface area contributed by atoms with Crippen molar-refractivity contribution in [3.63, 3.8) is 0 Å². The quantitative estimate of drug-likeness (QED) is 0.420. The summed E-state index contributed by atoms with van der Waals surface area (Å²) in [6.45, 7) is 5.80. The Kier molecular flexibility index (Phi) is 8.66. The summed E-state index contributed by atoms with van der Waals surface area (Å²) in [4.78, 5) is 44.3. The summed E-state index contributed by atoms with van der Waals surface area (Å²) in [5.41, 5.74) is 1.10. The van der Waals surface area contributed by atoms with Crippen LogP contribution in [0, 0.1) is 17.7 Å². The van der Waals surface area contributed by atoms with Gasteiger partial charge in [0, 0.05) is 64.2 Å². The molecule has 1 saturated carbocycles. The molecule has 0 spiro atoms. The predicted octanol–water partition coefficient (Wildman–Crippen LogP) is 2.42. The van der Waals surface area contributed by atoms with Crippen molar-refractivity contribution in [2.45, 2.75) is 44.3 Å². The van der Waals surface area contributed by atoms with Gasteiger partial charge >= 0.3 is 0 Å². The Hall–Kier alpha value is -3.67. The van der Waals surface area contributed by atoms with Crippen LogP contribution in [0.2, 0.25) is 0 Å². The Balaban J connectivity index is 0.902. The number of carbonyl (C=O) groups excluding carboxylic acids is 2. The number of halogens is 1. The fourth-order valence-electron chi connectivity index (χ4n) is 7.65. The van der Waals surface area contributed by atoms with Crippen molar-refractivity contribution in [2.24, 2.45) is 11.8 Å². The van der Waals surface area contributed by atoms with E-state index in [4.69, 9.17) is 4.74 Å². The lowest BCUT2D eigenvalue weighted by Gasteiger charge is -2.39. The van der Waals surface area contributed by atoms with Crippen LogP contribution < -0.4 is 10.9 Å². The van der Waals surface area contributed by atoms with Crippen LogP contribution in [0.5, 0.6) is 0 Å². The van der Waals surface area contributed by atoms with Gasteiger partial charge in [0.2, 0.25) is 5.91 Å². The minimum Gasteiger partial charge on any atom is -0.374 e. The summed E-state index contributed by atoms with van der Waals surface area (Å²) in [6, 6.07) is 11.7. The van der Waals surface area contributed by atoms with Crippen molar-refractivity contribution in [3.8, 4) is 0 Å². The fraction of sp³-hybridized carbons (Fsp3) is 0.529. The highest BCUT2D eigenvalue weighted by molar-refractivity contribution is 5.95. The number of aromatic amines is 1. The third kappa shape index (κ3) is 6.39. The van der Waals surface area contributed by atoms with E-state index in [0.717, 1.165) is 50.0 Å². The molecule has 4 aliphatic rings. The average molecular weight is 617 g/mol. The number of amides is 2. The van der Waals surface area contributed by atoms with Crippen molar-refractivity contribution in [1.29, 1.82) is 0 Å².